The summed E-state index contributed by atoms with van der Waals surface area (Å²) in [6, 6.07) is 3.56. The first-order valence-corrected chi connectivity index (χ1v) is 4.69. The van der Waals surface area contributed by atoms with Crippen LogP contribution in [0, 0.1) is 15.9 Å². The second-order valence-corrected chi connectivity index (χ2v) is 3.14. The summed E-state index contributed by atoms with van der Waals surface area (Å²) in [7, 11) is 0. The minimum Gasteiger partial charge on any atom is -0.401 e. The van der Waals surface area contributed by atoms with E-state index < -0.39 is 16.4 Å². The van der Waals surface area contributed by atoms with Gasteiger partial charge in [0.05, 0.1) is 4.92 Å². The van der Waals surface area contributed by atoms with Gasteiger partial charge in [-0.15, -0.1) is 0 Å². The molecule has 0 saturated heterocycles. The first kappa shape index (κ1) is 12.0. The number of benzene rings is 1. The Balaban J connectivity index is 2.91. The number of rotatable bonds is 4. The van der Waals surface area contributed by atoms with Crippen molar-refractivity contribution in [3.8, 4) is 0 Å². The van der Waals surface area contributed by atoms with Crippen LogP contribution in [0.2, 0.25) is 0 Å². The Bertz CT molecular complexity index is 432. The minimum atomic E-state index is -0.858. The van der Waals surface area contributed by atoms with E-state index in [0.717, 1.165) is 12.1 Å². The van der Waals surface area contributed by atoms with Gasteiger partial charge in [0.1, 0.15) is 0 Å². The summed E-state index contributed by atoms with van der Waals surface area (Å²) in [4.78, 5) is 9.70. The highest BCUT2D eigenvalue weighted by Gasteiger charge is 2.13. The molecular formula is C10H12FN3O2. The Hall–Kier alpha value is -2.11. The Labute approximate surface area is 91.9 Å². The molecule has 3 N–H and O–H groups in total. The van der Waals surface area contributed by atoms with Crippen molar-refractivity contribution in [3.05, 3.63) is 46.0 Å². The lowest BCUT2D eigenvalue weighted by Crippen LogP contribution is -2.00. The van der Waals surface area contributed by atoms with E-state index >= 15 is 0 Å². The highest BCUT2D eigenvalue weighted by atomic mass is 19.1. The molecule has 6 heteroatoms. The minimum absolute atomic E-state index is 0.421. The molecule has 1 aromatic carbocycles. The largest absolute Gasteiger partial charge is 0.401 e. The normalized spacial score (nSPS) is 11.2. The maximum atomic E-state index is 13.0. The number of nitrogens with one attached hydrogen (secondary N) is 1. The molecule has 0 saturated carbocycles. The zero-order valence-electron chi connectivity index (χ0n) is 8.74. The summed E-state index contributed by atoms with van der Waals surface area (Å²) >= 11 is 0. The maximum Gasteiger partial charge on any atom is 0.306 e. The van der Waals surface area contributed by atoms with Gasteiger partial charge >= 0.3 is 5.69 Å². The molecule has 0 heterocycles. The Kier molecular flexibility index (Phi) is 3.82. The summed E-state index contributed by atoms with van der Waals surface area (Å²) < 4.78 is 13.0. The molecule has 0 aliphatic rings. The number of hydrogen-bond acceptors (Lipinski definition) is 4. The molecule has 16 heavy (non-hydrogen) atoms. The van der Waals surface area contributed by atoms with Crippen molar-refractivity contribution in [1.29, 1.82) is 0 Å². The van der Waals surface area contributed by atoms with Gasteiger partial charge in [-0.05, 0) is 18.6 Å². The first-order chi connectivity index (χ1) is 7.54. The lowest BCUT2D eigenvalue weighted by atomic mass is 10.2. The van der Waals surface area contributed by atoms with Gasteiger partial charge < -0.3 is 11.1 Å². The van der Waals surface area contributed by atoms with Crippen LogP contribution in [0.3, 0.4) is 0 Å². The van der Waals surface area contributed by atoms with Crippen molar-refractivity contribution in [2.75, 3.05) is 5.32 Å². The fourth-order valence-electron chi connectivity index (χ4n) is 1.02. The molecule has 0 aliphatic heterocycles. The molecule has 0 bridgehead atoms. The van der Waals surface area contributed by atoms with Crippen molar-refractivity contribution in [1.82, 2.24) is 0 Å². The Morgan fingerprint density at radius 3 is 2.94 bits per heavy atom. The fraction of sp³-hybridized carbons (Fsp3) is 0.200. The predicted octanol–water partition coefficient (Wildman–Crippen LogP) is 2.36. The van der Waals surface area contributed by atoms with Gasteiger partial charge in [0.25, 0.3) is 0 Å². The Morgan fingerprint density at radius 1 is 1.69 bits per heavy atom. The predicted molar refractivity (Wildman–Crippen MR) is 59.2 cm³/mol. The summed E-state index contributed by atoms with van der Waals surface area (Å²) in [5.41, 5.74) is 6.00. The topological polar surface area (TPSA) is 81.2 Å². The average Bonchev–Trinajstić information content (AvgIpc) is 2.27. The van der Waals surface area contributed by atoms with Crippen molar-refractivity contribution in [2.24, 2.45) is 5.73 Å². The molecule has 1 rings (SSSR count). The Morgan fingerprint density at radius 2 is 2.38 bits per heavy atom. The van der Waals surface area contributed by atoms with E-state index in [1.54, 1.807) is 0 Å². The highest BCUT2D eigenvalue weighted by Crippen LogP contribution is 2.21. The van der Waals surface area contributed by atoms with E-state index in [1.807, 2.05) is 6.92 Å². The number of halogens is 1. The number of allylic oxidation sites excluding steroid dienone is 1. The van der Waals surface area contributed by atoms with Crippen molar-refractivity contribution in [2.45, 2.75) is 13.3 Å². The van der Waals surface area contributed by atoms with Crippen LogP contribution in [0.15, 0.2) is 30.1 Å². The van der Waals surface area contributed by atoms with Crippen molar-refractivity contribution >= 4 is 11.4 Å². The van der Waals surface area contributed by atoms with Gasteiger partial charge in [-0.1, -0.05) is 6.92 Å². The number of nitrogens with two attached hydrogens (primary N) is 1. The molecule has 0 atom stereocenters. The van der Waals surface area contributed by atoms with Gasteiger partial charge in [-0.2, -0.15) is 4.39 Å². The molecule has 86 valence electrons. The van der Waals surface area contributed by atoms with Crippen LogP contribution in [0.4, 0.5) is 15.8 Å². The summed E-state index contributed by atoms with van der Waals surface area (Å²) in [5, 5.41) is 13.2. The summed E-state index contributed by atoms with van der Waals surface area (Å²) in [6.45, 7) is 1.88. The van der Waals surface area contributed by atoms with Crippen molar-refractivity contribution in [3.63, 3.8) is 0 Å². The SMILES string of the molecule is CC/C(N)=C/Nc1ccc(F)c([N+](=O)[O-])c1. The number of hydrogen-bond donors (Lipinski definition) is 2. The maximum absolute atomic E-state index is 13.0. The molecule has 0 unspecified atom stereocenters. The molecule has 1 aromatic rings. The second kappa shape index (κ2) is 5.11. The number of nitro groups is 1. The number of nitrogens with zero attached hydrogens (tertiary/aromatic N) is 1. The third-order valence-corrected chi connectivity index (χ3v) is 1.98. The standard InChI is InChI=1S/C10H12FN3O2/c1-2-7(12)6-13-8-3-4-9(11)10(5-8)14(15)16/h3-6,13H,2,12H2,1H3/b7-6-. The van der Waals surface area contributed by atoms with Crippen LogP contribution in [0.25, 0.3) is 0 Å². The molecular weight excluding hydrogens is 213 g/mol. The van der Waals surface area contributed by atoms with Crippen LogP contribution < -0.4 is 11.1 Å². The van der Waals surface area contributed by atoms with Crippen molar-refractivity contribution < 1.29 is 9.31 Å². The molecule has 5 nitrogen and oxygen atoms in total. The van der Waals surface area contributed by atoms with Gasteiger partial charge in [0.2, 0.25) is 5.82 Å². The van der Waals surface area contributed by atoms with E-state index in [1.165, 1.54) is 12.3 Å². The first-order valence-electron chi connectivity index (χ1n) is 4.69. The van der Waals surface area contributed by atoms with Crippen LogP contribution >= 0.6 is 0 Å². The highest BCUT2D eigenvalue weighted by molar-refractivity contribution is 5.53. The molecule has 0 aromatic heterocycles. The van der Waals surface area contributed by atoms with Gasteiger partial charge in [-0.3, -0.25) is 10.1 Å². The van der Waals surface area contributed by atoms with E-state index in [4.69, 9.17) is 5.73 Å². The number of nitro benzene ring substituents is 1. The average molecular weight is 225 g/mol. The molecule has 0 radical (unpaired) electrons. The third-order valence-electron chi connectivity index (χ3n) is 1.98. The molecule has 0 spiro atoms. The molecule has 0 aliphatic carbocycles. The zero-order chi connectivity index (χ0) is 12.1. The molecule has 0 amide bonds. The van der Waals surface area contributed by atoms with E-state index in [0.29, 0.717) is 17.8 Å². The lowest BCUT2D eigenvalue weighted by molar-refractivity contribution is -0.387. The zero-order valence-corrected chi connectivity index (χ0v) is 8.74. The van der Waals surface area contributed by atoms with Crippen LogP contribution in [0.1, 0.15) is 13.3 Å². The van der Waals surface area contributed by atoms with Crippen LogP contribution in [0.5, 0.6) is 0 Å². The van der Waals surface area contributed by atoms with Gasteiger partial charge in [0, 0.05) is 23.7 Å². The van der Waals surface area contributed by atoms with Crippen LogP contribution in [-0.2, 0) is 0 Å². The lowest BCUT2D eigenvalue weighted by Gasteiger charge is -2.02. The fourth-order valence-corrected chi connectivity index (χ4v) is 1.02. The monoisotopic (exact) mass is 225 g/mol. The quantitative estimate of drug-likeness (QED) is 0.608. The number of anilines is 1. The van der Waals surface area contributed by atoms with Crippen LogP contribution in [-0.4, -0.2) is 4.92 Å². The molecule has 0 fully saturated rings. The van der Waals surface area contributed by atoms with Gasteiger partial charge in [-0.25, -0.2) is 0 Å². The smallest absolute Gasteiger partial charge is 0.306 e. The second-order valence-electron chi connectivity index (χ2n) is 3.14. The third kappa shape index (κ3) is 2.94. The summed E-state index contributed by atoms with van der Waals surface area (Å²) in [5.74, 6) is -0.858. The van der Waals surface area contributed by atoms with E-state index in [2.05, 4.69) is 5.32 Å². The summed E-state index contributed by atoms with van der Waals surface area (Å²) in [6.07, 6.45) is 2.19. The van der Waals surface area contributed by atoms with E-state index in [9.17, 15) is 14.5 Å². The van der Waals surface area contributed by atoms with E-state index in [-0.39, 0.29) is 0 Å². The van der Waals surface area contributed by atoms with Gasteiger partial charge in [0.15, 0.2) is 0 Å².